The molecule has 0 aromatic heterocycles. The Hall–Kier alpha value is -1.71. The molecule has 4 nitrogen and oxygen atoms in total. The summed E-state index contributed by atoms with van der Waals surface area (Å²) in [6.45, 7) is 6.61. The fourth-order valence-corrected chi connectivity index (χ4v) is 3.29. The lowest BCUT2D eigenvalue weighted by Gasteiger charge is -2.42. The number of para-hydroxylation sites is 1. The number of carboxylic acid groups (broad SMARTS) is 1. The lowest BCUT2D eigenvalue weighted by Crippen LogP contribution is -2.52. The zero-order valence-corrected chi connectivity index (χ0v) is 13.8. The minimum Gasteiger partial charge on any atom is -0.493 e. The summed E-state index contributed by atoms with van der Waals surface area (Å²) in [7, 11) is 0. The SMILES string of the molecule is CC(C)(C)N(C(=O)O)C1CCC(COc2ccccc2)CC1. The van der Waals surface area contributed by atoms with Crippen molar-refractivity contribution in [3.8, 4) is 5.75 Å². The largest absolute Gasteiger partial charge is 0.493 e. The van der Waals surface area contributed by atoms with Crippen molar-refractivity contribution >= 4 is 6.09 Å². The van der Waals surface area contributed by atoms with Crippen molar-refractivity contribution in [3.63, 3.8) is 0 Å². The van der Waals surface area contributed by atoms with E-state index in [0.717, 1.165) is 38.0 Å². The summed E-state index contributed by atoms with van der Waals surface area (Å²) in [4.78, 5) is 13.2. The maximum Gasteiger partial charge on any atom is 0.407 e. The first kappa shape index (κ1) is 16.7. The number of ether oxygens (including phenoxy) is 1. The van der Waals surface area contributed by atoms with Crippen LogP contribution in [0, 0.1) is 5.92 Å². The van der Waals surface area contributed by atoms with Gasteiger partial charge in [-0.05, 0) is 64.5 Å². The zero-order chi connectivity index (χ0) is 16.2. The summed E-state index contributed by atoms with van der Waals surface area (Å²) < 4.78 is 5.83. The Morgan fingerprint density at radius 3 is 2.27 bits per heavy atom. The maximum absolute atomic E-state index is 11.5. The third-order valence-electron chi connectivity index (χ3n) is 4.34. The molecular formula is C18H27NO3. The van der Waals surface area contributed by atoms with E-state index in [1.54, 1.807) is 4.90 Å². The summed E-state index contributed by atoms with van der Waals surface area (Å²) >= 11 is 0. The molecule has 0 spiro atoms. The number of rotatable bonds is 4. The van der Waals surface area contributed by atoms with E-state index in [2.05, 4.69) is 0 Å². The van der Waals surface area contributed by atoms with Crippen LogP contribution < -0.4 is 4.74 Å². The van der Waals surface area contributed by atoms with Crippen LogP contribution in [-0.4, -0.2) is 34.3 Å². The number of hydrogen-bond acceptors (Lipinski definition) is 2. The third-order valence-corrected chi connectivity index (χ3v) is 4.34. The Morgan fingerprint density at radius 2 is 1.77 bits per heavy atom. The number of hydrogen-bond donors (Lipinski definition) is 1. The van der Waals surface area contributed by atoms with E-state index in [9.17, 15) is 9.90 Å². The van der Waals surface area contributed by atoms with Gasteiger partial charge in [-0.3, -0.25) is 0 Å². The van der Waals surface area contributed by atoms with Crippen LogP contribution >= 0.6 is 0 Å². The third kappa shape index (κ3) is 4.39. The van der Waals surface area contributed by atoms with E-state index >= 15 is 0 Å². The van der Waals surface area contributed by atoms with Gasteiger partial charge in [0.05, 0.1) is 6.61 Å². The molecule has 1 aromatic carbocycles. The predicted molar refractivity (Wildman–Crippen MR) is 87.3 cm³/mol. The first-order valence-electron chi connectivity index (χ1n) is 8.08. The molecule has 0 atom stereocenters. The molecule has 0 unspecified atom stereocenters. The van der Waals surface area contributed by atoms with Crippen molar-refractivity contribution in [2.75, 3.05) is 6.61 Å². The van der Waals surface area contributed by atoms with Gasteiger partial charge in [0.2, 0.25) is 0 Å². The second kappa shape index (κ2) is 7.03. The van der Waals surface area contributed by atoms with Crippen molar-refractivity contribution in [1.29, 1.82) is 0 Å². The molecule has 0 radical (unpaired) electrons. The van der Waals surface area contributed by atoms with Crippen LogP contribution in [0.4, 0.5) is 4.79 Å². The van der Waals surface area contributed by atoms with Crippen LogP contribution in [0.3, 0.4) is 0 Å². The summed E-state index contributed by atoms with van der Waals surface area (Å²) in [5, 5.41) is 9.48. The molecule has 1 aliphatic carbocycles. The first-order chi connectivity index (χ1) is 10.4. The minimum atomic E-state index is -0.809. The Labute approximate surface area is 133 Å². The molecule has 1 amide bonds. The molecule has 1 saturated carbocycles. The van der Waals surface area contributed by atoms with Gasteiger partial charge in [-0.25, -0.2) is 4.79 Å². The fourth-order valence-electron chi connectivity index (χ4n) is 3.29. The Bertz CT molecular complexity index is 473. The van der Waals surface area contributed by atoms with Gasteiger partial charge in [-0.1, -0.05) is 18.2 Å². The van der Waals surface area contributed by atoms with E-state index in [-0.39, 0.29) is 11.6 Å². The number of benzene rings is 1. The topological polar surface area (TPSA) is 49.8 Å². The number of nitrogens with zero attached hydrogens (tertiary/aromatic N) is 1. The highest BCUT2D eigenvalue weighted by Crippen LogP contribution is 2.31. The monoisotopic (exact) mass is 305 g/mol. The average Bonchev–Trinajstić information content (AvgIpc) is 2.46. The van der Waals surface area contributed by atoms with Gasteiger partial charge >= 0.3 is 6.09 Å². The Kier molecular flexibility index (Phi) is 5.33. The van der Waals surface area contributed by atoms with Crippen LogP contribution in [0.5, 0.6) is 5.75 Å². The van der Waals surface area contributed by atoms with Crippen LogP contribution in [-0.2, 0) is 0 Å². The van der Waals surface area contributed by atoms with Gasteiger partial charge in [0.25, 0.3) is 0 Å². The Morgan fingerprint density at radius 1 is 1.18 bits per heavy atom. The smallest absolute Gasteiger partial charge is 0.407 e. The highest BCUT2D eigenvalue weighted by molar-refractivity contribution is 5.66. The van der Waals surface area contributed by atoms with E-state index in [1.165, 1.54) is 0 Å². The fraction of sp³-hybridized carbons (Fsp3) is 0.611. The summed E-state index contributed by atoms with van der Waals surface area (Å²) in [6.07, 6.45) is 3.09. The highest BCUT2D eigenvalue weighted by atomic mass is 16.5. The number of amides is 1. The standard InChI is InChI=1S/C18H27NO3/c1-18(2,3)19(17(20)21)15-11-9-14(10-12-15)13-22-16-7-5-4-6-8-16/h4-8,14-15H,9-13H2,1-3H3,(H,20,21). The van der Waals surface area contributed by atoms with E-state index in [0.29, 0.717) is 5.92 Å². The van der Waals surface area contributed by atoms with E-state index in [1.807, 2.05) is 51.1 Å². The summed E-state index contributed by atoms with van der Waals surface area (Å²) in [5.41, 5.74) is -0.343. The average molecular weight is 305 g/mol. The van der Waals surface area contributed by atoms with Gasteiger partial charge in [0.1, 0.15) is 5.75 Å². The van der Waals surface area contributed by atoms with Gasteiger partial charge < -0.3 is 14.7 Å². The summed E-state index contributed by atoms with van der Waals surface area (Å²) in [5.74, 6) is 1.43. The molecule has 4 heteroatoms. The van der Waals surface area contributed by atoms with Crippen LogP contribution in [0.25, 0.3) is 0 Å². The second-order valence-corrected chi connectivity index (χ2v) is 7.12. The van der Waals surface area contributed by atoms with Gasteiger partial charge in [0.15, 0.2) is 0 Å². The van der Waals surface area contributed by atoms with Crippen molar-refractivity contribution < 1.29 is 14.6 Å². The Balaban J connectivity index is 1.83. The van der Waals surface area contributed by atoms with Crippen molar-refractivity contribution in [2.45, 2.75) is 58.0 Å². The van der Waals surface area contributed by atoms with Gasteiger partial charge in [-0.15, -0.1) is 0 Å². The van der Waals surface area contributed by atoms with Crippen molar-refractivity contribution in [1.82, 2.24) is 4.90 Å². The predicted octanol–water partition coefficient (Wildman–Crippen LogP) is 4.40. The molecule has 0 aliphatic heterocycles. The maximum atomic E-state index is 11.5. The highest BCUT2D eigenvalue weighted by Gasteiger charge is 2.35. The normalized spacial score (nSPS) is 22.1. The molecule has 0 bridgehead atoms. The molecule has 1 aromatic rings. The molecule has 22 heavy (non-hydrogen) atoms. The molecule has 0 heterocycles. The molecule has 0 saturated heterocycles. The van der Waals surface area contributed by atoms with Crippen LogP contribution in [0.15, 0.2) is 30.3 Å². The van der Waals surface area contributed by atoms with Crippen molar-refractivity contribution in [2.24, 2.45) is 5.92 Å². The molecule has 1 aliphatic rings. The summed E-state index contributed by atoms with van der Waals surface area (Å²) in [6, 6.07) is 9.99. The second-order valence-electron chi connectivity index (χ2n) is 7.12. The quantitative estimate of drug-likeness (QED) is 0.896. The minimum absolute atomic E-state index is 0.130. The zero-order valence-electron chi connectivity index (χ0n) is 13.8. The molecule has 1 N–H and O–H groups in total. The van der Waals surface area contributed by atoms with E-state index < -0.39 is 6.09 Å². The van der Waals surface area contributed by atoms with Crippen LogP contribution in [0.1, 0.15) is 46.5 Å². The molecular weight excluding hydrogens is 278 g/mol. The van der Waals surface area contributed by atoms with E-state index in [4.69, 9.17) is 4.74 Å². The number of carbonyl (C=O) groups is 1. The van der Waals surface area contributed by atoms with Gasteiger partial charge in [-0.2, -0.15) is 0 Å². The van der Waals surface area contributed by atoms with Crippen LogP contribution in [0.2, 0.25) is 0 Å². The van der Waals surface area contributed by atoms with Crippen molar-refractivity contribution in [3.05, 3.63) is 30.3 Å². The van der Waals surface area contributed by atoms with Gasteiger partial charge in [0, 0.05) is 11.6 Å². The molecule has 1 fully saturated rings. The molecule has 2 rings (SSSR count). The molecule has 122 valence electrons. The lowest BCUT2D eigenvalue weighted by molar-refractivity contribution is 0.0461. The first-order valence-corrected chi connectivity index (χ1v) is 8.08. The lowest BCUT2D eigenvalue weighted by atomic mass is 9.84.